The third-order valence-electron chi connectivity index (χ3n) is 6.31. The normalized spacial score (nSPS) is 14.6. The highest BCUT2D eigenvalue weighted by Crippen LogP contribution is 2.38. The Balaban J connectivity index is 1.92. The molecule has 4 rings (SSSR count). The van der Waals surface area contributed by atoms with Crippen molar-refractivity contribution in [1.82, 2.24) is 4.57 Å². The van der Waals surface area contributed by atoms with Crippen LogP contribution in [0.2, 0.25) is 0 Å². The van der Waals surface area contributed by atoms with Gasteiger partial charge in [-0.05, 0) is 92.0 Å². The van der Waals surface area contributed by atoms with E-state index >= 15 is 0 Å². The zero-order chi connectivity index (χ0) is 31.3. The molecule has 226 valence electrons. The summed E-state index contributed by atoms with van der Waals surface area (Å²) in [4.78, 5) is 32.4. The number of fused-ring (bicyclic) bond motifs is 1. The van der Waals surface area contributed by atoms with Gasteiger partial charge in [0, 0.05) is 0 Å². The number of methoxy groups -OCH3 is 1. The molecule has 9 nitrogen and oxygen atoms in total. The van der Waals surface area contributed by atoms with Gasteiger partial charge in [-0.25, -0.2) is 9.79 Å². The van der Waals surface area contributed by atoms with Gasteiger partial charge in [0.1, 0.15) is 6.61 Å². The van der Waals surface area contributed by atoms with Gasteiger partial charge >= 0.3 is 5.97 Å². The molecule has 0 fully saturated rings. The summed E-state index contributed by atoms with van der Waals surface area (Å²) in [7, 11) is 1.54. The molecule has 1 aromatic heterocycles. The van der Waals surface area contributed by atoms with Crippen LogP contribution >= 0.6 is 27.3 Å². The van der Waals surface area contributed by atoms with Crippen molar-refractivity contribution in [3.05, 3.63) is 76.9 Å². The molecule has 1 aliphatic rings. The van der Waals surface area contributed by atoms with Crippen molar-refractivity contribution in [3.63, 3.8) is 0 Å². The number of benzene rings is 2. The Hall–Kier alpha value is -4.01. The van der Waals surface area contributed by atoms with Crippen LogP contribution < -0.4 is 33.8 Å². The Morgan fingerprint density at radius 2 is 1.93 bits per heavy atom. The third kappa shape index (κ3) is 6.81. The number of nitrogens with zero attached hydrogens (tertiary/aromatic N) is 2. The van der Waals surface area contributed by atoms with Gasteiger partial charge in [-0.3, -0.25) is 9.36 Å². The van der Waals surface area contributed by atoms with Crippen molar-refractivity contribution < 1.29 is 28.5 Å². The number of rotatable bonds is 11. The van der Waals surface area contributed by atoms with E-state index in [9.17, 15) is 9.59 Å². The van der Waals surface area contributed by atoms with Crippen molar-refractivity contribution >= 4 is 39.3 Å². The second-order valence-electron chi connectivity index (χ2n) is 9.63. The number of thiazole rings is 1. The second kappa shape index (κ2) is 14.0. The molecule has 0 spiro atoms. The first-order valence-electron chi connectivity index (χ1n) is 13.7. The molecule has 1 atom stereocenters. The second-order valence-corrected chi connectivity index (χ2v) is 11.5. The average Bonchev–Trinajstić information content (AvgIpc) is 3.26. The van der Waals surface area contributed by atoms with Crippen LogP contribution in [0.4, 0.5) is 0 Å². The summed E-state index contributed by atoms with van der Waals surface area (Å²) < 4.78 is 30.9. The molecule has 1 aliphatic heterocycles. The largest absolute Gasteiger partial charge is 0.493 e. The smallest absolute Gasteiger partial charge is 0.338 e. The Morgan fingerprint density at radius 1 is 1.16 bits per heavy atom. The number of halogens is 1. The number of ether oxygens (including phenoxy) is 5. The molecule has 0 N–H and O–H groups in total. The maximum absolute atomic E-state index is 14.1. The van der Waals surface area contributed by atoms with Crippen molar-refractivity contribution in [3.8, 4) is 35.3 Å². The van der Waals surface area contributed by atoms with Crippen LogP contribution in [-0.4, -0.2) is 43.6 Å². The summed E-state index contributed by atoms with van der Waals surface area (Å²) in [6, 6.07) is 8.17. The third-order valence-corrected chi connectivity index (χ3v) is 7.88. The number of aromatic nitrogens is 1. The van der Waals surface area contributed by atoms with Crippen molar-refractivity contribution in [1.29, 1.82) is 0 Å². The summed E-state index contributed by atoms with van der Waals surface area (Å²) >= 11 is 4.76. The van der Waals surface area contributed by atoms with Crippen molar-refractivity contribution in [2.75, 3.05) is 26.9 Å². The molecule has 0 saturated heterocycles. The summed E-state index contributed by atoms with van der Waals surface area (Å²) in [5.41, 5.74) is 1.77. The predicted molar refractivity (Wildman–Crippen MR) is 169 cm³/mol. The summed E-state index contributed by atoms with van der Waals surface area (Å²) in [6.45, 7) is 9.84. The molecule has 43 heavy (non-hydrogen) atoms. The van der Waals surface area contributed by atoms with E-state index in [0.29, 0.717) is 60.2 Å². The zero-order valence-corrected chi connectivity index (χ0v) is 27.3. The highest BCUT2D eigenvalue weighted by Gasteiger charge is 2.34. The Kier molecular flexibility index (Phi) is 10.4. The number of allylic oxidation sites excluding steroid dienone is 1. The van der Waals surface area contributed by atoms with Crippen molar-refractivity contribution in [2.45, 2.75) is 46.8 Å². The fourth-order valence-electron chi connectivity index (χ4n) is 4.65. The number of carbonyl (C=O) groups excluding carboxylic acids is 1. The van der Waals surface area contributed by atoms with Crippen LogP contribution in [0.15, 0.2) is 55.9 Å². The van der Waals surface area contributed by atoms with Gasteiger partial charge in [-0.1, -0.05) is 23.3 Å². The van der Waals surface area contributed by atoms with E-state index in [0.717, 1.165) is 0 Å². The summed E-state index contributed by atoms with van der Waals surface area (Å²) in [6.07, 6.45) is 7.05. The topological polar surface area (TPSA) is 97.6 Å². The maximum Gasteiger partial charge on any atom is 0.338 e. The maximum atomic E-state index is 14.1. The van der Waals surface area contributed by atoms with Crippen LogP contribution in [0, 0.1) is 12.3 Å². The molecule has 0 bridgehead atoms. The van der Waals surface area contributed by atoms with Crippen LogP contribution in [0.25, 0.3) is 6.08 Å². The Bertz CT molecular complexity index is 1780. The lowest BCUT2D eigenvalue weighted by Crippen LogP contribution is -2.40. The molecule has 3 aromatic rings. The first-order valence-corrected chi connectivity index (χ1v) is 15.3. The standard InChI is InChI=1S/C32H33BrN2O7S/c1-8-13-41-29-22(33)14-20(15-25(29)39-9-2)16-26-30(36)35-28(21-11-12-23(42-18(4)5)24(17-21)38-7)27(31(37)40-10-3)19(6)34-32(35)43-26/h1,11-12,14-18,28H,9-10,13H2,2-7H3/b26-16-/t28-/m0/s1. The molecule has 11 heteroatoms. The SMILES string of the molecule is C#CCOc1c(Br)cc(/C=c2\sc3n(c2=O)[C@@H](c2ccc(OC(C)C)c(OC)c2)C(C(=O)OCC)=C(C)N=3)cc1OCC. The van der Waals surface area contributed by atoms with E-state index in [-0.39, 0.29) is 30.5 Å². The van der Waals surface area contributed by atoms with Gasteiger partial charge < -0.3 is 23.7 Å². The molecular formula is C32H33BrN2O7S. The zero-order valence-electron chi connectivity index (χ0n) is 24.9. The molecule has 2 aromatic carbocycles. The Morgan fingerprint density at radius 3 is 2.58 bits per heavy atom. The first-order chi connectivity index (χ1) is 20.6. The van der Waals surface area contributed by atoms with E-state index in [1.807, 2.05) is 32.9 Å². The van der Waals surface area contributed by atoms with E-state index in [4.69, 9.17) is 30.1 Å². The number of hydrogen-bond donors (Lipinski definition) is 0. The van der Waals surface area contributed by atoms with Crippen LogP contribution in [0.5, 0.6) is 23.0 Å². The number of hydrogen-bond acceptors (Lipinski definition) is 9. The van der Waals surface area contributed by atoms with Gasteiger partial charge in [-0.15, -0.1) is 6.42 Å². The van der Waals surface area contributed by atoms with Gasteiger partial charge in [0.2, 0.25) is 0 Å². The van der Waals surface area contributed by atoms with Crippen LogP contribution in [0.1, 0.15) is 51.8 Å². The van der Waals surface area contributed by atoms with E-state index in [2.05, 4.69) is 26.8 Å². The lowest BCUT2D eigenvalue weighted by Gasteiger charge is -2.25. The lowest BCUT2D eigenvalue weighted by molar-refractivity contribution is -0.139. The Labute approximate surface area is 262 Å². The fraction of sp³-hybridized carbons (Fsp3) is 0.344. The summed E-state index contributed by atoms with van der Waals surface area (Å²) in [5, 5.41) is 0. The number of esters is 1. The van der Waals surface area contributed by atoms with Gasteiger partial charge in [-0.2, -0.15) is 0 Å². The molecule has 0 amide bonds. The van der Waals surface area contributed by atoms with Crippen LogP contribution in [0.3, 0.4) is 0 Å². The molecular weight excluding hydrogens is 636 g/mol. The molecule has 0 radical (unpaired) electrons. The highest BCUT2D eigenvalue weighted by molar-refractivity contribution is 9.10. The fourth-order valence-corrected chi connectivity index (χ4v) is 6.27. The van der Waals surface area contributed by atoms with Gasteiger partial charge in [0.25, 0.3) is 5.56 Å². The van der Waals surface area contributed by atoms with E-state index < -0.39 is 12.0 Å². The number of terminal acetylenes is 1. The monoisotopic (exact) mass is 668 g/mol. The minimum absolute atomic E-state index is 0.0732. The molecule has 2 heterocycles. The highest BCUT2D eigenvalue weighted by atomic mass is 79.9. The lowest BCUT2D eigenvalue weighted by atomic mass is 9.95. The number of carbonyl (C=O) groups is 1. The first kappa shape index (κ1) is 31.9. The molecule has 0 unspecified atom stereocenters. The molecule has 0 aliphatic carbocycles. The summed E-state index contributed by atoms with van der Waals surface area (Å²) in [5.74, 6) is 3.90. The van der Waals surface area contributed by atoms with Gasteiger partial charge in [0.15, 0.2) is 27.8 Å². The molecule has 0 saturated carbocycles. The van der Waals surface area contributed by atoms with E-state index in [1.165, 1.54) is 15.9 Å². The average molecular weight is 670 g/mol. The van der Waals surface area contributed by atoms with Gasteiger partial charge in [0.05, 0.1) is 52.7 Å². The minimum Gasteiger partial charge on any atom is -0.493 e. The predicted octanol–water partition coefficient (Wildman–Crippen LogP) is 4.77. The van der Waals surface area contributed by atoms with Crippen LogP contribution in [-0.2, 0) is 9.53 Å². The quantitative estimate of drug-likeness (QED) is 0.215. The van der Waals surface area contributed by atoms with Crippen molar-refractivity contribution in [2.24, 2.45) is 4.99 Å². The minimum atomic E-state index is -0.801. The van der Waals surface area contributed by atoms with E-state index in [1.54, 1.807) is 45.2 Å².